The lowest BCUT2D eigenvalue weighted by Gasteiger charge is -2.24. The van der Waals surface area contributed by atoms with Gasteiger partial charge in [0.25, 0.3) is 11.7 Å². The van der Waals surface area contributed by atoms with Crippen LogP contribution in [0, 0.1) is 25.7 Å². The molecule has 162 valence electrons. The van der Waals surface area contributed by atoms with Crippen molar-refractivity contribution in [3.63, 3.8) is 0 Å². The topological polar surface area (TPSA) is 92.4 Å². The lowest BCUT2D eigenvalue weighted by Crippen LogP contribution is -2.34. The number of aryl methyl sites for hydroxylation is 2. The summed E-state index contributed by atoms with van der Waals surface area (Å²) < 4.78 is 1.64. The second-order valence-corrected chi connectivity index (χ2v) is 9.83. The molecule has 5 heterocycles. The number of nitrogens with zero attached hydrogens (tertiary/aromatic N) is 8. The number of fused-ring (bicyclic) bond motifs is 2. The van der Waals surface area contributed by atoms with E-state index in [0.29, 0.717) is 17.6 Å². The molecule has 2 saturated heterocycles. The molecule has 2 aliphatic rings. The van der Waals surface area contributed by atoms with Gasteiger partial charge in [0.1, 0.15) is 12.1 Å². The van der Waals surface area contributed by atoms with Gasteiger partial charge in [-0.15, -0.1) is 5.10 Å². The number of likely N-dealkylation sites (tertiary alicyclic amines) is 1. The molecule has 9 nitrogen and oxygen atoms in total. The largest absolute Gasteiger partial charge is 0.356 e. The molecule has 0 aliphatic carbocycles. The molecule has 2 atom stereocenters. The molecule has 31 heavy (non-hydrogen) atoms. The first kappa shape index (κ1) is 19.8. The molecule has 2 aliphatic heterocycles. The van der Waals surface area contributed by atoms with Crippen LogP contribution >= 0.6 is 0 Å². The van der Waals surface area contributed by atoms with Crippen molar-refractivity contribution in [2.24, 2.45) is 11.8 Å². The Bertz CT molecular complexity index is 1150. The number of hydrogen-bond donors (Lipinski definition) is 0. The van der Waals surface area contributed by atoms with Crippen LogP contribution in [0.1, 0.15) is 48.5 Å². The van der Waals surface area contributed by atoms with E-state index in [1.165, 1.54) is 0 Å². The number of hydrogen-bond acceptors (Lipinski definition) is 7. The Balaban J connectivity index is 1.29. The van der Waals surface area contributed by atoms with E-state index >= 15 is 0 Å². The molecular formula is C22H28N8O. The van der Waals surface area contributed by atoms with E-state index in [1.54, 1.807) is 10.8 Å². The van der Waals surface area contributed by atoms with E-state index in [0.717, 1.165) is 49.1 Å². The highest BCUT2D eigenvalue weighted by Gasteiger charge is 2.43. The Morgan fingerprint density at radius 3 is 2.39 bits per heavy atom. The molecule has 0 bridgehead atoms. The van der Waals surface area contributed by atoms with Crippen molar-refractivity contribution in [2.45, 2.75) is 40.0 Å². The molecule has 0 aromatic carbocycles. The third-order valence-corrected chi connectivity index (χ3v) is 6.33. The van der Waals surface area contributed by atoms with Crippen LogP contribution < -0.4 is 4.90 Å². The average molecular weight is 421 g/mol. The molecule has 3 aromatic heterocycles. The number of rotatable bonds is 2. The molecule has 1 amide bonds. The van der Waals surface area contributed by atoms with E-state index in [-0.39, 0.29) is 17.1 Å². The minimum Gasteiger partial charge on any atom is -0.356 e. The van der Waals surface area contributed by atoms with Gasteiger partial charge in [-0.25, -0.2) is 19.5 Å². The molecule has 0 spiro atoms. The summed E-state index contributed by atoms with van der Waals surface area (Å²) in [7, 11) is 0. The monoisotopic (exact) mass is 420 g/mol. The molecule has 2 unspecified atom stereocenters. The maximum Gasteiger partial charge on any atom is 0.293 e. The molecule has 2 fully saturated rings. The summed E-state index contributed by atoms with van der Waals surface area (Å²) in [5, 5.41) is 4.41. The van der Waals surface area contributed by atoms with Crippen molar-refractivity contribution in [1.82, 2.24) is 34.4 Å². The third kappa shape index (κ3) is 3.51. The fourth-order valence-corrected chi connectivity index (χ4v) is 4.67. The van der Waals surface area contributed by atoms with Gasteiger partial charge < -0.3 is 9.80 Å². The van der Waals surface area contributed by atoms with E-state index in [9.17, 15) is 4.79 Å². The Morgan fingerprint density at radius 2 is 1.71 bits per heavy atom. The quantitative estimate of drug-likeness (QED) is 0.626. The SMILES string of the molecule is Cc1cc(C)n2nc(C(=O)N3CC4CN(c5cc(C(C)(C)C)ncn5)CC4C3)nc2n1. The highest BCUT2D eigenvalue weighted by Crippen LogP contribution is 2.34. The zero-order valence-corrected chi connectivity index (χ0v) is 18.7. The minimum atomic E-state index is -0.111. The van der Waals surface area contributed by atoms with Crippen molar-refractivity contribution < 1.29 is 4.79 Å². The lowest BCUT2D eigenvalue weighted by atomic mass is 9.92. The molecular weight excluding hydrogens is 392 g/mol. The normalized spacial score (nSPS) is 21.2. The maximum atomic E-state index is 13.1. The average Bonchev–Trinajstić information content (AvgIpc) is 3.39. The Kier molecular flexibility index (Phi) is 4.46. The maximum absolute atomic E-state index is 13.1. The lowest BCUT2D eigenvalue weighted by molar-refractivity contribution is 0.0770. The van der Waals surface area contributed by atoms with Crippen LogP contribution in [0.2, 0.25) is 0 Å². The first-order valence-electron chi connectivity index (χ1n) is 10.8. The first-order valence-corrected chi connectivity index (χ1v) is 10.8. The third-order valence-electron chi connectivity index (χ3n) is 6.33. The number of aromatic nitrogens is 6. The Morgan fingerprint density at radius 1 is 1.00 bits per heavy atom. The van der Waals surface area contributed by atoms with Crippen LogP contribution in [-0.4, -0.2) is 66.5 Å². The van der Waals surface area contributed by atoms with Crippen molar-refractivity contribution in [3.8, 4) is 0 Å². The van der Waals surface area contributed by atoms with Gasteiger partial charge in [-0.05, 0) is 19.9 Å². The van der Waals surface area contributed by atoms with Crippen LogP contribution in [0.5, 0.6) is 0 Å². The summed E-state index contributed by atoms with van der Waals surface area (Å²) in [6.45, 7) is 13.6. The second kappa shape index (κ2) is 6.96. The summed E-state index contributed by atoms with van der Waals surface area (Å²) in [6.07, 6.45) is 1.66. The molecule has 3 aromatic rings. The van der Waals surface area contributed by atoms with E-state index in [1.807, 2.05) is 24.8 Å². The number of amides is 1. The van der Waals surface area contributed by atoms with Gasteiger partial charge in [0.05, 0.1) is 5.69 Å². The molecule has 0 radical (unpaired) electrons. The Hall–Kier alpha value is -3.10. The van der Waals surface area contributed by atoms with Crippen LogP contribution in [0.15, 0.2) is 18.5 Å². The van der Waals surface area contributed by atoms with Crippen LogP contribution in [0.25, 0.3) is 5.78 Å². The highest BCUT2D eigenvalue weighted by molar-refractivity contribution is 5.91. The van der Waals surface area contributed by atoms with E-state index < -0.39 is 0 Å². The first-order chi connectivity index (χ1) is 14.7. The van der Waals surface area contributed by atoms with Gasteiger partial charge in [0.2, 0.25) is 5.82 Å². The summed E-state index contributed by atoms with van der Waals surface area (Å²) in [5.41, 5.74) is 2.82. The number of anilines is 1. The van der Waals surface area contributed by atoms with Gasteiger partial charge in [0.15, 0.2) is 0 Å². The smallest absolute Gasteiger partial charge is 0.293 e. The van der Waals surface area contributed by atoms with Gasteiger partial charge in [-0.1, -0.05) is 20.8 Å². The van der Waals surface area contributed by atoms with Gasteiger partial charge in [0, 0.05) is 60.9 Å². The zero-order chi connectivity index (χ0) is 21.9. The number of carbonyl (C=O) groups is 1. The standard InChI is InChI=1S/C22H28N8O/c1-13-6-14(2)30-21(25-13)26-19(27-30)20(31)29-10-15-8-28(9-16(15)11-29)18-7-17(22(3,4)5)23-12-24-18/h6-7,12,15-16H,8-11H2,1-5H3. The molecule has 0 saturated carbocycles. The zero-order valence-electron chi connectivity index (χ0n) is 18.7. The summed E-state index contributed by atoms with van der Waals surface area (Å²) >= 11 is 0. The molecule has 0 N–H and O–H groups in total. The van der Waals surface area contributed by atoms with E-state index in [4.69, 9.17) is 0 Å². The van der Waals surface area contributed by atoms with Gasteiger partial charge >= 0.3 is 0 Å². The summed E-state index contributed by atoms with van der Waals surface area (Å²) in [5.74, 6) is 2.42. The molecule has 9 heteroatoms. The van der Waals surface area contributed by atoms with Crippen molar-refractivity contribution in [2.75, 3.05) is 31.1 Å². The van der Waals surface area contributed by atoms with Gasteiger partial charge in [-0.3, -0.25) is 4.79 Å². The fourth-order valence-electron chi connectivity index (χ4n) is 4.67. The predicted molar refractivity (Wildman–Crippen MR) is 116 cm³/mol. The van der Waals surface area contributed by atoms with Crippen molar-refractivity contribution in [3.05, 3.63) is 41.4 Å². The predicted octanol–water partition coefficient (Wildman–Crippen LogP) is 2.04. The summed E-state index contributed by atoms with van der Waals surface area (Å²) in [6, 6.07) is 4.03. The van der Waals surface area contributed by atoms with Gasteiger partial charge in [-0.2, -0.15) is 4.98 Å². The summed E-state index contributed by atoms with van der Waals surface area (Å²) in [4.78, 5) is 35.0. The minimum absolute atomic E-state index is 0.0106. The second-order valence-electron chi connectivity index (χ2n) is 9.83. The molecule has 5 rings (SSSR count). The highest BCUT2D eigenvalue weighted by atomic mass is 16.2. The number of carbonyl (C=O) groups excluding carboxylic acids is 1. The fraction of sp³-hybridized carbons (Fsp3) is 0.545. The van der Waals surface area contributed by atoms with Crippen LogP contribution in [0.3, 0.4) is 0 Å². The van der Waals surface area contributed by atoms with Crippen molar-refractivity contribution in [1.29, 1.82) is 0 Å². The Labute approximate surface area is 181 Å². The van der Waals surface area contributed by atoms with Crippen molar-refractivity contribution >= 4 is 17.5 Å². The van der Waals surface area contributed by atoms with Crippen LogP contribution in [-0.2, 0) is 5.41 Å². The van der Waals surface area contributed by atoms with Crippen LogP contribution in [0.4, 0.5) is 5.82 Å². The van der Waals surface area contributed by atoms with E-state index in [2.05, 4.69) is 56.8 Å².